The van der Waals surface area contributed by atoms with E-state index < -0.39 is 0 Å². The van der Waals surface area contributed by atoms with Crippen molar-refractivity contribution >= 4 is 33.2 Å². The minimum atomic E-state index is 0.765. The molecule has 0 spiro atoms. The molecule has 0 unspecified atom stereocenters. The Hall–Kier alpha value is -2.08. The first-order valence-electron chi connectivity index (χ1n) is 6.84. The maximum absolute atomic E-state index is 6.04. The van der Waals surface area contributed by atoms with Crippen LogP contribution in [0.15, 0.2) is 41.0 Å². The summed E-state index contributed by atoms with van der Waals surface area (Å²) in [6.07, 6.45) is 2.85. The number of halogens is 1. The second-order valence-electron chi connectivity index (χ2n) is 5.22. The molecule has 0 aliphatic carbocycles. The lowest BCUT2D eigenvalue weighted by atomic mass is 9.98. The van der Waals surface area contributed by atoms with E-state index in [1.165, 1.54) is 11.1 Å². The third kappa shape index (κ3) is 2.15. The Kier molecular flexibility index (Phi) is 2.85. The summed E-state index contributed by atoms with van der Waals surface area (Å²) < 4.78 is 2.79. The van der Waals surface area contributed by atoms with Crippen molar-refractivity contribution in [1.29, 1.82) is 0 Å². The Labute approximate surface area is 130 Å². The highest BCUT2D eigenvalue weighted by atomic mass is 79.9. The average Bonchev–Trinajstić information content (AvgIpc) is 2.90. The summed E-state index contributed by atoms with van der Waals surface area (Å²) in [5.41, 5.74) is 10.3. The van der Waals surface area contributed by atoms with Crippen molar-refractivity contribution in [3.05, 3.63) is 52.1 Å². The SMILES string of the molecule is Nc1cccc2c1CCN(c1nc3ccc(Br)cn3n1)C2. The summed E-state index contributed by atoms with van der Waals surface area (Å²) in [5, 5.41) is 4.56. The third-order valence-electron chi connectivity index (χ3n) is 3.87. The van der Waals surface area contributed by atoms with E-state index in [4.69, 9.17) is 5.73 Å². The van der Waals surface area contributed by atoms with Gasteiger partial charge in [-0.05, 0) is 51.7 Å². The zero-order valence-corrected chi connectivity index (χ0v) is 12.9. The molecule has 0 bridgehead atoms. The van der Waals surface area contributed by atoms with Gasteiger partial charge in [0, 0.05) is 29.4 Å². The molecule has 5 nitrogen and oxygen atoms in total. The predicted octanol–water partition coefficient (Wildman–Crippen LogP) is 2.64. The number of benzene rings is 1. The highest BCUT2D eigenvalue weighted by Crippen LogP contribution is 2.26. The molecule has 3 aromatic rings. The van der Waals surface area contributed by atoms with Crippen molar-refractivity contribution in [2.45, 2.75) is 13.0 Å². The highest BCUT2D eigenvalue weighted by Gasteiger charge is 2.21. The monoisotopic (exact) mass is 343 g/mol. The first kappa shape index (κ1) is 12.6. The second kappa shape index (κ2) is 4.73. The van der Waals surface area contributed by atoms with E-state index in [1.807, 2.05) is 30.5 Å². The van der Waals surface area contributed by atoms with Crippen LogP contribution >= 0.6 is 15.9 Å². The number of pyridine rings is 1. The van der Waals surface area contributed by atoms with E-state index in [2.05, 4.69) is 37.0 Å². The smallest absolute Gasteiger partial charge is 0.245 e. The Morgan fingerprint density at radius 2 is 2.10 bits per heavy atom. The molecule has 1 aliphatic rings. The topological polar surface area (TPSA) is 59.5 Å². The zero-order valence-electron chi connectivity index (χ0n) is 11.3. The molecule has 4 rings (SSSR count). The summed E-state index contributed by atoms with van der Waals surface area (Å²) in [6.45, 7) is 1.69. The van der Waals surface area contributed by atoms with E-state index in [0.717, 1.165) is 41.3 Å². The molecule has 0 saturated heterocycles. The predicted molar refractivity (Wildman–Crippen MR) is 86.3 cm³/mol. The fraction of sp³-hybridized carbons (Fsp3) is 0.200. The molecular weight excluding hydrogens is 330 g/mol. The van der Waals surface area contributed by atoms with Gasteiger partial charge in [0.2, 0.25) is 5.95 Å². The number of hydrogen-bond donors (Lipinski definition) is 1. The molecule has 0 fully saturated rings. The van der Waals surface area contributed by atoms with E-state index in [9.17, 15) is 0 Å². The quantitative estimate of drug-likeness (QED) is 0.690. The van der Waals surface area contributed by atoms with Crippen molar-refractivity contribution in [3.63, 3.8) is 0 Å². The minimum Gasteiger partial charge on any atom is -0.398 e. The van der Waals surface area contributed by atoms with Crippen LogP contribution in [0.25, 0.3) is 5.65 Å². The first-order valence-corrected chi connectivity index (χ1v) is 7.63. The van der Waals surface area contributed by atoms with Gasteiger partial charge in [0.15, 0.2) is 5.65 Å². The van der Waals surface area contributed by atoms with Crippen molar-refractivity contribution in [2.75, 3.05) is 17.2 Å². The molecule has 106 valence electrons. The van der Waals surface area contributed by atoms with Crippen LogP contribution in [-0.4, -0.2) is 21.1 Å². The minimum absolute atomic E-state index is 0.765. The lowest BCUT2D eigenvalue weighted by Gasteiger charge is -2.28. The summed E-state index contributed by atoms with van der Waals surface area (Å²) >= 11 is 3.45. The number of nitrogens with zero attached hydrogens (tertiary/aromatic N) is 4. The molecule has 0 amide bonds. The Balaban J connectivity index is 1.70. The normalized spacial score (nSPS) is 14.4. The summed E-state index contributed by atoms with van der Waals surface area (Å²) in [6, 6.07) is 10.0. The summed E-state index contributed by atoms with van der Waals surface area (Å²) in [4.78, 5) is 6.80. The van der Waals surface area contributed by atoms with Crippen molar-refractivity contribution in [1.82, 2.24) is 14.6 Å². The van der Waals surface area contributed by atoms with Crippen LogP contribution in [0.1, 0.15) is 11.1 Å². The van der Waals surface area contributed by atoms with E-state index in [-0.39, 0.29) is 0 Å². The molecule has 0 saturated carbocycles. The van der Waals surface area contributed by atoms with Gasteiger partial charge in [-0.3, -0.25) is 0 Å². The maximum atomic E-state index is 6.04. The van der Waals surface area contributed by atoms with Gasteiger partial charge in [0.05, 0.1) is 0 Å². The van der Waals surface area contributed by atoms with Gasteiger partial charge in [0.1, 0.15) is 0 Å². The molecule has 1 aliphatic heterocycles. The second-order valence-corrected chi connectivity index (χ2v) is 6.13. The van der Waals surface area contributed by atoms with E-state index in [0.29, 0.717) is 0 Å². The van der Waals surface area contributed by atoms with Crippen molar-refractivity contribution in [2.24, 2.45) is 0 Å². The first-order chi connectivity index (χ1) is 10.2. The van der Waals surface area contributed by atoms with Crippen LogP contribution in [0.4, 0.5) is 11.6 Å². The van der Waals surface area contributed by atoms with Gasteiger partial charge in [-0.2, -0.15) is 4.98 Å². The van der Waals surface area contributed by atoms with Gasteiger partial charge in [-0.15, -0.1) is 5.10 Å². The lowest BCUT2D eigenvalue weighted by molar-refractivity contribution is 0.707. The molecule has 2 N–H and O–H groups in total. The van der Waals surface area contributed by atoms with Crippen LogP contribution in [0.2, 0.25) is 0 Å². The van der Waals surface area contributed by atoms with Crippen LogP contribution < -0.4 is 10.6 Å². The molecule has 21 heavy (non-hydrogen) atoms. The molecular formula is C15H14BrN5. The fourth-order valence-electron chi connectivity index (χ4n) is 2.79. The Morgan fingerprint density at radius 1 is 1.19 bits per heavy atom. The van der Waals surface area contributed by atoms with Crippen LogP contribution in [0, 0.1) is 0 Å². The van der Waals surface area contributed by atoms with Crippen molar-refractivity contribution < 1.29 is 0 Å². The number of nitrogen functional groups attached to an aromatic ring is 1. The molecule has 6 heteroatoms. The molecule has 0 radical (unpaired) electrons. The standard InChI is InChI=1S/C15H14BrN5/c16-11-4-5-14-18-15(19-21(14)9-11)20-7-6-12-10(8-20)2-1-3-13(12)17/h1-5,9H,6-8,17H2. The van der Waals surface area contributed by atoms with E-state index in [1.54, 1.807) is 4.52 Å². The zero-order chi connectivity index (χ0) is 14.4. The molecule has 0 atom stereocenters. The van der Waals surface area contributed by atoms with Gasteiger partial charge in [-0.25, -0.2) is 4.52 Å². The van der Waals surface area contributed by atoms with E-state index >= 15 is 0 Å². The highest BCUT2D eigenvalue weighted by molar-refractivity contribution is 9.10. The fourth-order valence-corrected chi connectivity index (χ4v) is 3.12. The maximum Gasteiger partial charge on any atom is 0.245 e. The van der Waals surface area contributed by atoms with Gasteiger partial charge < -0.3 is 10.6 Å². The molecule has 3 heterocycles. The molecule has 1 aromatic carbocycles. The number of anilines is 2. The number of rotatable bonds is 1. The lowest BCUT2D eigenvalue weighted by Crippen LogP contribution is -2.31. The third-order valence-corrected chi connectivity index (χ3v) is 4.34. The number of aromatic nitrogens is 3. The van der Waals surface area contributed by atoms with Gasteiger partial charge >= 0.3 is 0 Å². The average molecular weight is 344 g/mol. The summed E-state index contributed by atoms with van der Waals surface area (Å²) in [7, 11) is 0. The van der Waals surface area contributed by atoms with Gasteiger partial charge in [-0.1, -0.05) is 12.1 Å². The largest absolute Gasteiger partial charge is 0.398 e. The Morgan fingerprint density at radius 3 is 3.00 bits per heavy atom. The Bertz CT molecular complexity index is 826. The number of fused-ring (bicyclic) bond motifs is 2. The van der Waals surface area contributed by atoms with Crippen LogP contribution in [0.3, 0.4) is 0 Å². The summed E-state index contributed by atoms with van der Waals surface area (Å²) in [5.74, 6) is 0.765. The van der Waals surface area contributed by atoms with Crippen molar-refractivity contribution in [3.8, 4) is 0 Å². The number of hydrogen-bond acceptors (Lipinski definition) is 4. The van der Waals surface area contributed by atoms with Gasteiger partial charge in [0.25, 0.3) is 0 Å². The molecule has 2 aromatic heterocycles. The van der Waals surface area contributed by atoms with Crippen LogP contribution in [0.5, 0.6) is 0 Å². The number of nitrogens with two attached hydrogens (primary N) is 1. The van der Waals surface area contributed by atoms with Crippen LogP contribution in [-0.2, 0) is 13.0 Å².